The predicted octanol–water partition coefficient (Wildman–Crippen LogP) is 3.54. The van der Waals surface area contributed by atoms with Gasteiger partial charge in [0.15, 0.2) is 5.84 Å². The minimum atomic E-state index is 0.188. The summed E-state index contributed by atoms with van der Waals surface area (Å²) in [6.45, 7) is 7.41. The van der Waals surface area contributed by atoms with Gasteiger partial charge in [-0.15, -0.1) is 0 Å². The Morgan fingerprint density at radius 3 is 2.59 bits per heavy atom. The second kappa shape index (κ2) is 6.43. The summed E-state index contributed by atoms with van der Waals surface area (Å²) in [7, 11) is 0. The largest absolute Gasteiger partial charge is 0.461 e. The molecule has 0 heterocycles. The molecule has 0 aliphatic heterocycles. The van der Waals surface area contributed by atoms with E-state index >= 15 is 0 Å². The molecule has 3 nitrogen and oxygen atoms in total. The van der Waals surface area contributed by atoms with Gasteiger partial charge in [0, 0.05) is 5.56 Å². The van der Waals surface area contributed by atoms with Crippen LogP contribution in [-0.4, -0.2) is 12.1 Å². The van der Waals surface area contributed by atoms with Crippen LogP contribution in [0, 0.1) is 5.41 Å². The van der Waals surface area contributed by atoms with Crippen LogP contribution >= 0.6 is 0 Å². The van der Waals surface area contributed by atoms with Crippen molar-refractivity contribution >= 4 is 12.1 Å². The van der Waals surface area contributed by atoms with Gasteiger partial charge in [0.25, 0.3) is 0 Å². The van der Waals surface area contributed by atoms with Crippen molar-refractivity contribution < 1.29 is 4.74 Å². The number of allylic oxidation sites excluding steroid dienone is 3. The van der Waals surface area contributed by atoms with Crippen molar-refractivity contribution in [2.24, 2.45) is 4.99 Å². The maximum atomic E-state index is 7.74. The van der Waals surface area contributed by atoms with Crippen molar-refractivity contribution in [3.05, 3.63) is 60.1 Å². The van der Waals surface area contributed by atoms with E-state index in [-0.39, 0.29) is 5.84 Å². The highest BCUT2D eigenvalue weighted by atomic mass is 16.5. The number of hydrogen-bond donors (Lipinski definition) is 1. The molecule has 1 aromatic rings. The Morgan fingerprint density at radius 1 is 1.35 bits per heavy atom. The molecule has 1 N–H and O–H groups in total. The van der Waals surface area contributed by atoms with Crippen molar-refractivity contribution in [1.82, 2.24) is 0 Å². The molecule has 0 fully saturated rings. The standard InChI is InChI=1S/C14H16N2O/c1-4-11(2)17-12(3)10-16-14(15)13-8-6-5-7-9-13/h4-10,15H,3H2,1-2H3/b11-4+,15-14?,16-10?. The van der Waals surface area contributed by atoms with Crippen LogP contribution in [0.4, 0.5) is 0 Å². The third kappa shape index (κ3) is 4.47. The highest BCUT2D eigenvalue weighted by Gasteiger charge is 1.97. The lowest BCUT2D eigenvalue weighted by Gasteiger charge is -2.03. The number of nitrogens with one attached hydrogen (secondary N) is 1. The molecule has 0 spiro atoms. The molecule has 0 atom stereocenters. The molecule has 0 unspecified atom stereocenters. The lowest BCUT2D eigenvalue weighted by atomic mass is 10.2. The van der Waals surface area contributed by atoms with Crippen molar-refractivity contribution in [2.75, 3.05) is 0 Å². The van der Waals surface area contributed by atoms with Gasteiger partial charge >= 0.3 is 0 Å². The minimum absolute atomic E-state index is 0.188. The van der Waals surface area contributed by atoms with Crippen molar-refractivity contribution in [1.29, 1.82) is 5.41 Å². The number of amidine groups is 1. The van der Waals surface area contributed by atoms with Gasteiger partial charge in [-0.05, 0) is 19.9 Å². The van der Waals surface area contributed by atoms with E-state index in [1.807, 2.05) is 50.3 Å². The topological polar surface area (TPSA) is 45.4 Å². The fourth-order valence-electron chi connectivity index (χ4n) is 1.10. The van der Waals surface area contributed by atoms with Crippen LogP contribution < -0.4 is 0 Å². The molecule has 0 amide bonds. The van der Waals surface area contributed by atoms with E-state index in [0.717, 1.165) is 11.3 Å². The monoisotopic (exact) mass is 228 g/mol. The highest BCUT2D eigenvalue weighted by molar-refractivity contribution is 6.02. The summed E-state index contributed by atoms with van der Waals surface area (Å²) < 4.78 is 5.31. The zero-order valence-electron chi connectivity index (χ0n) is 10.1. The van der Waals surface area contributed by atoms with Crippen LogP contribution in [-0.2, 0) is 4.74 Å². The van der Waals surface area contributed by atoms with E-state index < -0.39 is 0 Å². The van der Waals surface area contributed by atoms with Crippen LogP contribution in [0.1, 0.15) is 19.4 Å². The molecule has 0 saturated carbocycles. The third-order valence-corrected chi connectivity index (χ3v) is 2.08. The Morgan fingerprint density at radius 2 is 2.00 bits per heavy atom. The Bertz CT molecular complexity index is 458. The van der Waals surface area contributed by atoms with E-state index in [2.05, 4.69) is 11.6 Å². The summed E-state index contributed by atoms with van der Waals surface area (Å²) in [4.78, 5) is 3.99. The SMILES string of the molecule is C=C(C=NC(=N)c1ccccc1)O/C(C)=C/C. The molecule has 0 bridgehead atoms. The fraction of sp³-hybridized carbons (Fsp3) is 0.143. The van der Waals surface area contributed by atoms with Gasteiger partial charge in [-0.25, -0.2) is 4.99 Å². The van der Waals surface area contributed by atoms with Crippen LogP contribution in [0.3, 0.4) is 0 Å². The van der Waals surface area contributed by atoms with Crippen LogP contribution in [0.2, 0.25) is 0 Å². The van der Waals surface area contributed by atoms with Crippen LogP contribution in [0.15, 0.2) is 59.5 Å². The Balaban J connectivity index is 2.60. The highest BCUT2D eigenvalue weighted by Crippen LogP contribution is 2.03. The Kier molecular flexibility index (Phi) is 4.88. The molecular weight excluding hydrogens is 212 g/mol. The first-order valence-electron chi connectivity index (χ1n) is 5.31. The van der Waals surface area contributed by atoms with Gasteiger partial charge in [0.1, 0.15) is 5.76 Å². The maximum absolute atomic E-state index is 7.74. The first-order chi connectivity index (χ1) is 8.13. The van der Waals surface area contributed by atoms with Gasteiger partial charge in [-0.3, -0.25) is 5.41 Å². The molecule has 1 aromatic carbocycles. The molecule has 3 heteroatoms. The predicted molar refractivity (Wildman–Crippen MR) is 71.4 cm³/mol. The number of aliphatic imine (C=N–C) groups is 1. The Hall–Kier alpha value is -2.16. The average Bonchev–Trinajstić information content (AvgIpc) is 2.36. The molecule has 88 valence electrons. The second-order valence-electron chi connectivity index (χ2n) is 3.44. The normalized spacial score (nSPS) is 11.5. The van der Waals surface area contributed by atoms with Gasteiger partial charge in [0.2, 0.25) is 0 Å². The number of ether oxygens (including phenoxy) is 1. The van der Waals surface area contributed by atoms with Crippen LogP contribution in [0.5, 0.6) is 0 Å². The summed E-state index contributed by atoms with van der Waals surface area (Å²) in [6.07, 6.45) is 3.28. The summed E-state index contributed by atoms with van der Waals surface area (Å²) >= 11 is 0. The summed E-state index contributed by atoms with van der Waals surface area (Å²) in [6, 6.07) is 9.31. The zero-order valence-corrected chi connectivity index (χ0v) is 10.1. The lowest BCUT2D eigenvalue weighted by molar-refractivity contribution is 0.334. The van der Waals surface area contributed by atoms with Crippen molar-refractivity contribution in [3.63, 3.8) is 0 Å². The number of hydrogen-bond acceptors (Lipinski definition) is 2. The molecule has 0 saturated heterocycles. The molecule has 0 aliphatic carbocycles. The molecule has 0 aliphatic rings. The minimum Gasteiger partial charge on any atom is -0.461 e. The first-order valence-corrected chi connectivity index (χ1v) is 5.31. The van der Waals surface area contributed by atoms with E-state index in [1.165, 1.54) is 6.21 Å². The molecular formula is C14H16N2O. The smallest absolute Gasteiger partial charge is 0.151 e. The van der Waals surface area contributed by atoms with Gasteiger partial charge in [-0.1, -0.05) is 36.9 Å². The zero-order chi connectivity index (χ0) is 12.7. The molecule has 0 aromatic heterocycles. The quantitative estimate of drug-likeness (QED) is 0.478. The summed E-state index contributed by atoms with van der Waals surface area (Å²) in [5.41, 5.74) is 0.763. The molecule has 17 heavy (non-hydrogen) atoms. The van der Waals surface area contributed by atoms with Gasteiger partial charge < -0.3 is 4.74 Å². The molecule has 0 radical (unpaired) electrons. The van der Waals surface area contributed by atoms with E-state index in [4.69, 9.17) is 10.1 Å². The van der Waals surface area contributed by atoms with Gasteiger partial charge in [-0.2, -0.15) is 0 Å². The van der Waals surface area contributed by atoms with Crippen molar-refractivity contribution in [2.45, 2.75) is 13.8 Å². The van der Waals surface area contributed by atoms with E-state index in [0.29, 0.717) is 5.76 Å². The summed E-state index contributed by atoms with van der Waals surface area (Å²) in [5, 5.41) is 7.74. The number of benzene rings is 1. The Labute approximate surface area is 102 Å². The summed E-state index contributed by atoms with van der Waals surface area (Å²) in [5.74, 6) is 1.36. The first kappa shape index (κ1) is 12.9. The van der Waals surface area contributed by atoms with Crippen LogP contribution in [0.25, 0.3) is 0 Å². The average molecular weight is 228 g/mol. The molecule has 1 rings (SSSR count). The lowest BCUT2D eigenvalue weighted by Crippen LogP contribution is -1.97. The van der Waals surface area contributed by atoms with Crippen molar-refractivity contribution in [3.8, 4) is 0 Å². The maximum Gasteiger partial charge on any atom is 0.151 e. The second-order valence-corrected chi connectivity index (χ2v) is 3.44. The fourth-order valence-corrected chi connectivity index (χ4v) is 1.10. The van der Waals surface area contributed by atoms with Gasteiger partial charge in [0.05, 0.1) is 12.0 Å². The third-order valence-electron chi connectivity index (χ3n) is 2.08. The van der Waals surface area contributed by atoms with E-state index in [1.54, 1.807) is 0 Å². The number of nitrogens with zero attached hydrogens (tertiary/aromatic N) is 1. The number of rotatable bonds is 4. The van der Waals surface area contributed by atoms with E-state index in [9.17, 15) is 0 Å².